The number of methoxy groups -OCH3 is 2. The monoisotopic (exact) mass is 656 g/mol. The number of benzene rings is 6. The minimum atomic E-state index is -4.34. The fourth-order valence-electron chi connectivity index (χ4n) is 6.98. The van der Waals surface area contributed by atoms with Crippen LogP contribution >= 0.6 is 14.7 Å². The van der Waals surface area contributed by atoms with E-state index in [1.165, 1.54) is 0 Å². The highest BCUT2D eigenvalue weighted by Crippen LogP contribution is 2.84. The van der Waals surface area contributed by atoms with Crippen molar-refractivity contribution in [2.75, 3.05) is 14.2 Å². The van der Waals surface area contributed by atoms with E-state index in [0.717, 1.165) is 22.3 Å². The second-order valence-electron chi connectivity index (χ2n) is 11.4. The molecule has 0 fully saturated rings. The Kier molecular flexibility index (Phi) is 6.91. The molecule has 6 aromatic carbocycles. The van der Waals surface area contributed by atoms with Crippen LogP contribution < -0.4 is 29.1 Å². The molecule has 6 nitrogen and oxygen atoms in total. The summed E-state index contributed by atoms with van der Waals surface area (Å²) in [5.74, 6) is 2.08. The fraction of sp³-hybridized carbons (Fsp3) is 0.0769. The van der Waals surface area contributed by atoms with Gasteiger partial charge in [0.05, 0.1) is 24.8 Å². The maximum absolute atomic E-state index is 16.8. The molecule has 0 spiro atoms. The molecule has 2 atom stereocenters. The van der Waals surface area contributed by atoms with Crippen LogP contribution in [0.2, 0.25) is 0 Å². The van der Waals surface area contributed by atoms with Crippen molar-refractivity contribution in [2.45, 2.75) is 4.90 Å². The summed E-state index contributed by atoms with van der Waals surface area (Å²) in [6.07, 6.45) is 0. The Balaban J connectivity index is 1.57. The summed E-state index contributed by atoms with van der Waals surface area (Å²) in [7, 11) is -5.50. The average molecular weight is 657 g/mol. The van der Waals surface area contributed by atoms with E-state index in [2.05, 4.69) is 0 Å². The molecule has 0 saturated carbocycles. The van der Waals surface area contributed by atoms with Crippen molar-refractivity contribution >= 4 is 25.3 Å². The number of ether oxygens (including phenoxy) is 2. The van der Waals surface area contributed by atoms with Crippen LogP contribution in [0.25, 0.3) is 22.3 Å². The lowest BCUT2D eigenvalue weighted by molar-refractivity contribution is 0.413. The number of hydrogen-bond donors (Lipinski definition) is 0. The van der Waals surface area contributed by atoms with Gasteiger partial charge in [-0.25, -0.2) is 0 Å². The molecule has 232 valence electrons. The van der Waals surface area contributed by atoms with E-state index in [-0.39, 0.29) is 0 Å². The van der Waals surface area contributed by atoms with Crippen molar-refractivity contribution in [1.29, 1.82) is 0 Å². The van der Waals surface area contributed by atoms with Crippen LogP contribution in [-0.2, 0) is 14.0 Å². The summed E-state index contributed by atoms with van der Waals surface area (Å²) in [5, 5.41) is 0.918. The fourth-order valence-corrected chi connectivity index (χ4v) is 14.8. The Morgan fingerprint density at radius 1 is 0.447 bits per heavy atom. The standard InChI is InChI=1S/C39H30O6P2/c1-42-29-23-19-27(20-24-29)39(28-21-25-30(43-2)26-22-28,46(40)37-17-9-5-13-33(37)31-11-3-7-15-35(31)44-46)47(41)38-18-10-6-14-34(38)32-12-4-8-16-36(32)45-47/h3-26H,1-2H3. The topological polar surface area (TPSA) is 71.1 Å². The van der Waals surface area contributed by atoms with E-state index in [1.54, 1.807) is 38.5 Å². The quantitative estimate of drug-likeness (QED) is 0.167. The van der Waals surface area contributed by atoms with Gasteiger partial charge in [0.25, 0.3) is 0 Å². The minimum absolute atomic E-state index is 0.443. The van der Waals surface area contributed by atoms with E-state index in [1.807, 2.05) is 121 Å². The molecule has 47 heavy (non-hydrogen) atoms. The van der Waals surface area contributed by atoms with Gasteiger partial charge in [-0.05, 0) is 70.8 Å². The van der Waals surface area contributed by atoms with Crippen LogP contribution in [0.1, 0.15) is 11.1 Å². The number of para-hydroxylation sites is 2. The zero-order chi connectivity index (χ0) is 32.2. The molecule has 0 bridgehead atoms. The van der Waals surface area contributed by atoms with Crippen molar-refractivity contribution in [2.24, 2.45) is 0 Å². The maximum Gasteiger partial charge on any atom is 0.303 e. The van der Waals surface area contributed by atoms with Crippen molar-refractivity contribution in [3.63, 3.8) is 0 Å². The highest BCUT2D eigenvalue weighted by atomic mass is 31.2. The molecule has 0 saturated heterocycles. The Bertz CT molecular complexity index is 2080. The number of rotatable bonds is 6. The molecule has 2 aliphatic heterocycles. The van der Waals surface area contributed by atoms with Crippen LogP contribution in [0.4, 0.5) is 0 Å². The van der Waals surface area contributed by atoms with Crippen LogP contribution in [-0.4, -0.2) is 14.2 Å². The molecule has 6 aromatic rings. The Morgan fingerprint density at radius 2 is 0.787 bits per heavy atom. The van der Waals surface area contributed by atoms with Gasteiger partial charge in [0.15, 0.2) is 0 Å². The largest absolute Gasteiger partial charge is 0.497 e. The molecule has 8 heteroatoms. The predicted molar refractivity (Wildman–Crippen MR) is 186 cm³/mol. The Morgan fingerprint density at radius 3 is 1.17 bits per heavy atom. The summed E-state index contributed by atoms with van der Waals surface area (Å²) < 4.78 is 58.6. The molecule has 2 heterocycles. The predicted octanol–water partition coefficient (Wildman–Crippen LogP) is 9.23. The minimum Gasteiger partial charge on any atom is -0.497 e. The maximum atomic E-state index is 16.8. The van der Waals surface area contributed by atoms with Gasteiger partial charge in [0, 0.05) is 11.1 Å². The summed E-state index contributed by atoms with van der Waals surface area (Å²) in [6.45, 7) is 0. The Labute approximate surface area is 273 Å². The molecule has 8 rings (SSSR count). The lowest BCUT2D eigenvalue weighted by Crippen LogP contribution is -2.42. The molecule has 0 amide bonds. The summed E-state index contributed by atoms with van der Waals surface area (Å²) in [5.41, 5.74) is 4.11. The van der Waals surface area contributed by atoms with Gasteiger partial charge in [0.2, 0.25) is 4.90 Å². The van der Waals surface area contributed by atoms with Gasteiger partial charge < -0.3 is 18.5 Å². The smallest absolute Gasteiger partial charge is 0.303 e. The van der Waals surface area contributed by atoms with Crippen molar-refractivity contribution in [1.82, 2.24) is 0 Å². The van der Waals surface area contributed by atoms with Gasteiger partial charge in [0.1, 0.15) is 23.0 Å². The third-order valence-electron chi connectivity index (χ3n) is 9.09. The highest BCUT2D eigenvalue weighted by Gasteiger charge is 2.70. The second kappa shape index (κ2) is 11.1. The summed E-state index contributed by atoms with van der Waals surface area (Å²) in [4.78, 5) is -1.88. The molecular weight excluding hydrogens is 626 g/mol. The molecule has 2 unspecified atom stereocenters. The lowest BCUT2D eigenvalue weighted by Gasteiger charge is -2.48. The molecule has 2 aliphatic rings. The third kappa shape index (κ3) is 4.12. The first kappa shape index (κ1) is 29.4. The zero-order valence-corrected chi connectivity index (χ0v) is 27.5. The first-order valence-electron chi connectivity index (χ1n) is 15.2. The lowest BCUT2D eigenvalue weighted by atomic mass is 10.0. The van der Waals surface area contributed by atoms with Gasteiger partial charge in [-0.3, -0.25) is 9.13 Å². The third-order valence-corrected chi connectivity index (χ3v) is 16.4. The summed E-state index contributed by atoms with van der Waals surface area (Å²) in [6, 6.07) is 44.6. The van der Waals surface area contributed by atoms with E-state index in [4.69, 9.17) is 18.5 Å². The average Bonchev–Trinajstić information content (AvgIpc) is 3.13. The van der Waals surface area contributed by atoms with Gasteiger partial charge in [-0.1, -0.05) is 97.1 Å². The molecular formula is C39H30O6P2. The van der Waals surface area contributed by atoms with Crippen LogP contribution in [0.5, 0.6) is 23.0 Å². The molecule has 0 radical (unpaired) electrons. The molecule has 0 N–H and O–H groups in total. The van der Waals surface area contributed by atoms with Crippen LogP contribution in [0, 0.1) is 0 Å². The second-order valence-corrected chi connectivity index (χ2v) is 16.7. The normalized spacial score (nSPS) is 19.1. The van der Waals surface area contributed by atoms with Crippen LogP contribution in [0.3, 0.4) is 0 Å². The van der Waals surface area contributed by atoms with E-state index >= 15 is 9.13 Å². The molecule has 0 aliphatic carbocycles. The van der Waals surface area contributed by atoms with Crippen molar-refractivity contribution in [3.05, 3.63) is 157 Å². The van der Waals surface area contributed by atoms with E-state index in [0.29, 0.717) is 44.7 Å². The van der Waals surface area contributed by atoms with Gasteiger partial charge in [-0.2, -0.15) is 0 Å². The van der Waals surface area contributed by atoms with Crippen molar-refractivity contribution in [3.8, 4) is 45.3 Å². The Hall–Kier alpha value is -5.02. The summed E-state index contributed by atoms with van der Waals surface area (Å²) >= 11 is 0. The van der Waals surface area contributed by atoms with E-state index in [9.17, 15) is 0 Å². The van der Waals surface area contributed by atoms with Crippen LogP contribution in [0.15, 0.2) is 146 Å². The van der Waals surface area contributed by atoms with Crippen molar-refractivity contribution < 1.29 is 27.7 Å². The first-order chi connectivity index (χ1) is 22.9. The zero-order valence-electron chi connectivity index (χ0n) is 25.7. The number of hydrogen-bond acceptors (Lipinski definition) is 6. The molecule has 0 aromatic heterocycles. The number of fused-ring (bicyclic) bond motifs is 6. The highest BCUT2D eigenvalue weighted by molar-refractivity contribution is 7.86. The first-order valence-corrected chi connectivity index (χ1v) is 18.5. The van der Waals surface area contributed by atoms with E-state index < -0.39 is 19.6 Å². The van der Waals surface area contributed by atoms with Gasteiger partial charge >= 0.3 is 14.7 Å². The SMILES string of the molecule is COc1ccc(C(c2ccc(OC)cc2)(P2(=O)Oc3ccccc3-c3ccccc32)P2(=O)Oc3ccccc3-c3ccccc32)cc1. The van der Waals surface area contributed by atoms with Gasteiger partial charge in [-0.15, -0.1) is 0 Å².